The van der Waals surface area contributed by atoms with Gasteiger partial charge in [0.05, 0.1) is 6.54 Å². The number of nitrogens with zero attached hydrogens (tertiary/aromatic N) is 2. The lowest BCUT2D eigenvalue weighted by atomic mass is 10.1. The number of carbonyl (C=O) groups is 2. The highest BCUT2D eigenvalue weighted by Gasteiger charge is 2.32. The zero-order valence-corrected chi connectivity index (χ0v) is 12.0. The summed E-state index contributed by atoms with van der Waals surface area (Å²) >= 11 is 0. The smallest absolute Gasteiger partial charge is 0.242 e. The summed E-state index contributed by atoms with van der Waals surface area (Å²) in [5, 5.41) is 3.57. The number of nitrogens with one attached hydrogen (secondary N) is 1. The van der Waals surface area contributed by atoms with Crippen molar-refractivity contribution in [2.75, 3.05) is 26.2 Å². The lowest BCUT2D eigenvalue weighted by molar-refractivity contribution is -0.138. The zero-order chi connectivity index (χ0) is 12.5. The third-order valence-electron chi connectivity index (χ3n) is 4.37. The van der Waals surface area contributed by atoms with Crippen LogP contribution in [-0.4, -0.2) is 59.9 Å². The maximum absolute atomic E-state index is 12.2. The molecule has 1 N–H and O–H groups in total. The number of likely N-dealkylation sites (tertiary alicyclic amines) is 2. The van der Waals surface area contributed by atoms with Gasteiger partial charge in [-0.15, -0.1) is 12.4 Å². The summed E-state index contributed by atoms with van der Waals surface area (Å²) in [4.78, 5) is 27.4. The van der Waals surface area contributed by atoms with Crippen LogP contribution in [0.5, 0.6) is 0 Å². The van der Waals surface area contributed by atoms with Crippen molar-refractivity contribution in [3.63, 3.8) is 0 Å². The predicted molar refractivity (Wildman–Crippen MR) is 74.2 cm³/mol. The third kappa shape index (κ3) is 3.20. The van der Waals surface area contributed by atoms with Gasteiger partial charge in [-0.1, -0.05) is 0 Å². The highest BCUT2D eigenvalue weighted by molar-refractivity contribution is 5.86. The van der Waals surface area contributed by atoms with Crippen LogP contribution in [0.1, 0.15) is 32.1 Å². The van der Waals surface area contributed by atoms with Gasteiger partial charge in [0.15, 0.2) is 0 Å². The molecule has 5 nitrogen and oxygen atoms in total. The zero-order valence-electron chi connectivity index (χ0n) is 11.1. The Kier molecular flexibility index (Phi) is 4.68. The van der Waals surface area contributed by atoms with Crippen molar-refractivity contribution in [2.24, 2.45) is 0 Å². The minimum atomic E-state index is 0. The highest BCUT2D eigenvalue weighted by atomic mass is 35.5. The quantitative estimate of drug-likeness (QED) is 0.799. The Hall–Kier alpha value is -0.810. The molecule has 2 bridgehead atoms. The molecule has 2 unspecified atom stereocenters. The molecule has 2 amide bonds. The molecule has 3 fully saturated rings. The average molecular weight is 288 g/mol. The summed E-state index contributed by atoms with van der Waals surface area (Å²) in [7, 11) is 0. The molecule has 19 heavy (non-hydrogen) atoms. The van der Waals surface area contributed by atoms with E-state index < -0.39 is 0 Å². The summed E-state index contributed by atoms with van der Waals surface area (Å²) < 4.78 is 0. The Morgan fingerprint density at radius 1 is 1.21 bits per heavy atom. The minimum Gasteiger partial charge on any atom is -0.340 e. The molecule has 3 rings (SSSR count). The Bertz CT molecular complexity index is 364. The van der Waals surface area contributed by atoms with E-state index in [1.165, 1.54) is 12.8 Å². The standard InChI is InChI=1S/C13H21N3O2.ClH/c17-12-2-1-6-15(12)9-13(18)16-7-5-10-3-4-11(8-16)14-10;/h10-11,14H,1-9H2;1H. The minimum absolute atomic E-state index is 0. The second kappa shape index (κ2) is 6.09. The van der Waals surface area contributed by atoms with Crippen LogP contribution in [0.25, 0.3) is 0 Å². The van der Waals surface area contributed by atoms with E-state index in [1.807, 2.05) is 4.90 Å². The average Bonchev–Trinajstić information content (AvgIpc) is 2.86. The summed E-state index contributed by atoms with van der Waals surface area (Å²) in [6.07, 6.45) is 4.99. The van der Waals surface area contributed by atoms with Crippen molar-refractivity contribution >= 4 is 24.2 Å². The van der Waals surface area contributed by atoms with Gasteiger partial charge in [-0.25, -0.2) is 0 Å². The number of hydrogen-bond acceptors (Lipinski definition) is 3. The summed E-state index contributed by atoms with van der Waals surface area (Å²) in [5.74, 6) is 0.261. The van der Waals surface area contributed by atoms with Crippen molar-refractivity contribution in [3.05, 3.63) is 0 Å². The molecule has 2 atom stereocenters. The molecule has 0 aliphatic carbocycles. The van der Waals surface area contributed by atoms with E-state index >= 15 is 0 Å². The largest absolute Gasteiger partial charge is 0.340 e. The van der Waals surface area contributed by atoms with Crippen molar-refractivity contribution < 1.29 is 9.59 Å². The molecule has 3 aliphatic heterocycles. The first-order valence-electron chi connectivity index (χ1n) is 7.04. The van der Waals surface area contributed by atoms with E-state index in [1.54, 1.807) is 4.90 Å². The van der Waals surface area contributed by atoms with Crippen LogP contribution < -0.4 is 5.32 Å². The van der Waals surface area contributed by atoms with Gasteiger partial charge < -0.3 is 15.1 Å². The van der Waals surface area contributed by atoms with Gasteiger partial charge >= 0.3 is 0 Å². The molecule has 0 aromatic carbocycles. The first kappa shape index (κ1) is 14.6. The lowest BCUT2D eigenvalue weighted by Gasteiger charge is -2.26. The van der Waals surface area contributed by atoms with Gasteiger partial charge in [0, 0.05) is 38.1 Å². The Balaban J connectivity index is 0.00000133. The molecule has 0 aromatic rings. The van der Waals surface area contributed by atoms with Crippen molar-refractivity contribution in [1.29, 1.82) is 0 Å². The normalized spacial score (nSPS) is 30.2. The number of hydrogen-bond donors (Lipinski definition) is 1. The Morgan fingerprint density at radius 3 is 2.74 bits per heavy atom. The maximum atomic E-state index is 12.2. The second-order valence-corrected chi connectivity index (χ2v) is 5.69. The molecule has 3 saturated heterocycles. The van der Waals surface area contributed by atoms with Crippen molar-refractivity contribution in [2.45, 2.75) is 44.2 Å². The lowest BCUT2D eigenvalue weighted by Crippen LogP contribution is -2.44. The van der Waals surface area contributed by atoms with Gasteiger partial charge in [0.2, 0.25) is 11.8 Å². The van der Waals surface area contributed by atoms with E-state index in [2.05, 4.69) is 5.32 Å². The fourth-order valence-electron chi connectivity index (χ4n) is 3.30. The fraction of sp³-hybridized carbons (Fsp3) is 0.846. The third-order valence-corrected chi connectivity index (χ3v) is 4.37. The van der Waals surface area contributed by atoms with E-state index in [9.17, 15) is 9.59 Å². The molecular weight excluding hydrogens is 266 g/mol. The molecule has 3 heterocycles. The Labute approximate surface area is 120 Å². The molecule has 108 valence electrons. The molecule has 0 aromatic heterocycles. The molecule has 3 aliphatic rings. The monoisotopic (exact) mass is 287 g/mol. The van der Waals surface area contributed by atoms with Crippen LogP contribution in [0, 0.1) is 0 Å². The Morgan fingerprint density at radius 2 is 2.00 bits per heavy atom. The van der Waals surface area contributed by atoms with Crippen molar-refractivity contribution in [1.82, 2.24) is 15.1 Å². The number of rotatable bonds is 2. The molecule has 6 heteroatoms. The fourth-order valence-corrected chi connectivity index (χ4v) is 3.30. The number of fused-ring (bicyclic) bond motifs is 2. The van der Waals surface area contributed by atoms with Crippen LogP contribution in [-0.2, 0) is 9.59 Å². The van der Waals surface area contributed by atoms with Gasteiger partial charge in [0.1, 0.15) is 0 Å². The molecule has 0 radical (unpaired) electrons. The second-order valence-electron chi connectivity index (χ2n) is 5.69. The van der Waals surface area contributed by atoms with Crippen LogP contribution in [0.4, 0.5) is 0 Å². The highest BCUT2D eigenvalue weighted by Crippen LogP contribution is 2.20. The summed E-state index contributed by atoms with van der Waals surface area (Å²) in [6.45, 7) is 2.70. The first-order valence-corrected chi connectivity index (χ1v) is 7.04. The predicted octanol–water partition coefficient (Wildman–Crippen LogP) is 0.384. The molecule has 0 spiro atoms. The van der Waals surface area contributed by atoms with E-state index in [-0.39, 0.29) is 30.8 Å². The molecular formula is C13H22ClN3O2. The van der Waals surface area contributed by atoms with Gasteiger partial charge in [-0.2, -0.15) is 0 Å². The SMILES string of the molecule is Cl.O=C1CCCN1CC(=O)N1CCC2CCC(C1)N2. The van der Waals surface area contributed by atoms with Crippen LogP contribution >= 0.6 is 12.4 Å². The molecule has 0 saturated carbocycles. The van der Waals surface area contributed by atoms with Gasteiger partial charge in [0.25, 0.3) is 0 Å². The van der Waals surface area contributed by atoms with Gasteiger partial charge in [-0.3, -0.25) is 9.59 Å². The first-order chi connectivity index (χ1) is 8.72. The van der Waals surface area contributed by atoms with E-state index in [4.69, 9.17) is 0 Å². The van der Waals surface area contributed by atoms with E-state index in [0.29, 0.717) is 18.5 Å². The number of amides is 2. The summed E-state index contributed by atoms with van der Waals surface area (Å²) in [5.41, 5.74) is 0. The van der Waals surface area contributed by atoms with E-state index in [0.717, 1.165) is 32.5 Å². The summed E-state index contributed by atoms with van der Waals surface area (Å²) in [6, 6.07) is 1.07. The van der Waals surface area contributed by atoms with Crippen LogP contribution in [0.3, 0.4) is 0 Å². The topological polar surface area (TPSA) is 52.7 Å². The van der Waals surface area contributed by atoms with Crippen molar-refractivity contribution in [3.8, 4) is 0 Å². The number of halogens is 1. The van der Waals surface area contributed by atoms with Crippen LogP contribution in [0.2, 0.25) is 0 Å². The number of carbonyl (C=O) groups excluding carboxylic acids is 2. The maximum Gasteiger partial charge on any atom is 0.242 e. The van der Waals surface area contributed by atoms with Gasteiger partial charge in [-0.05, 0) is 25.7 Å². The van der Waals surface area contributed by atoms with Crippen LogP contribution in [0.15, 0.2) is 0 Å².